The highest BCUT2D eigenvalue weighted by atomic mass is 35.5. The fourth-order valence-electron chi connectivity index (χ4n) is 3.55. The van der Waals surface area contributed by atoms with Gasteiger partial charge in [-0.25, -0.2) is 4.99 Å². The summed E-state index contributed by atoms with van der Waals surface area (Å²) in [7, 11) is 1.64. The Balaban J connectivity index is 1.60. The summed E-state index contributed by atoms with van der Waals surface area (Å²) in [5.41, 5.74) is 3.66. The van der Waals surface area contributed by atoms with Crippen molar-refractivity contribution in [2.24, 2.45) is 4.99 Å². The second-order valence-corrected chi connectivity index (χ2v) is 10.0. The molecule has 0 saturated carbocycles. The molecule has 0 spiro atoms. The molecule has 0 aromatic heterocycles. The number of ether oxygens (including phenoxy) is 1. The van der Waals surface area contributed by atoms with Crippen LogP contribution in [0.2, 0.25) is 15.1 Å². The van der Waals surface area contributed by atoms with Crippen molar-refractivity contribution in [1.29, 1.82) is 0 Å². The molecule has 1 atom stereocenters. The van der Waals surface area contributed by atoms with Crippen molar-refractivity contribution in [2.75, 3.05) is 12.4 Å². The van der Waals surface area contributed by atoms with Gasteiger partial charge in [-0.15, -0.1) is 0 Å². The number of hydrogen-bond donors (Lipinski definition) is 2. The van der Waals surface area contributed by atoms with E-state index in [0.717, 1.165) is 22.0 Å². The number of carbonyl (C=O) groups excluding carboxylic acids is 1. The quantitative estimate of drug-likeness (QED) is 0.336. The summed E-state index contributed by atoms with van der Waals surface area (Å²) in [5.74, 6) is 1.21. The Morgan fingerprint density at radius 2 is 1.71 bits per heavy atom. The van der Waals surface area contributed by atoms with E-state index in [1.54, 1.807) is 49.2 Å². The Bertz CT molecular complexity index is 1290. The molecule has 1 aliphatic rings. The molecule has 1 aliphatic heterocycles. The van der Waals surface area contributed by atoms with Crippen molar-refractivity contribution in [1.82, 2.24) is 5.32 Å². The van der Waals surface area contributed by atoms with Crippen LogP contribution in [0.25, 0.3) is 0 Å². The summed E-state index contributed by atoms with van der Waals surface area (Å²) >= 11 is 19.9. The van der Waals surface area contributed by atoms with Gasteiger partial charge in [0.15, 0.2) is 5.17 Å². The van der Waals surface area contributed by atoms with Crippen LogP contribution in [0.4, 0.5) is 5.69 Å². The third-order valence-corrected chi connectivity index (χ3v) is 7.12. The van der Waals surface area contributed by atoms with E-state index in [9.17, 15) is 4.79 Å². The summed E-state index contributed by atoms with van der Waals surface area (Å²) in [6.07, 6.45) is 0. The van der Waals surface area contributed by atoms with Crippen LogP contribution >= 0.6 is 46.6 Å². The number of thioether (sulfide) groups is 1. The van der Waals surface area contributed by atoms with Crippen molar-refractivity contribution in [3.05, 3.63) is 104 Å². The monoisotopic (exact) mass is 545 g/mol. The van der Waals surface area contributed by atoms with Gasteiger partial charge in [-0.3, -0.25) is 4.79 Å². The number of nitrogens with zero attached hydrogens (tertiary/aromatic N) is 1. The smallest absolute Gasteiger partial charge is 0.255 e. The number of aliphatic imine (C=N–C) groups is 1. The van der Waals surface area contributed by atoms with Crippen molar-refractivity contribution in [3.63, 3.8) is 0 Å². The molecule has 2 N–H and O–H groups in total. The number of amides is 1. The summed E-state index contributed by atoms with van der Waals surface area (Å²) in [4.78, 5) is 18.3. The first-order chi connectivity index (χ1) is 16.8. The van der Waals surface area contributed by atoms with Crippen LogP contribution in [0, 0.1) is 0 Å². The summed E-state index contributed by atoms with van der Waals surface area (Å²) in [6, 6.07) is 19.6. The molecule has 3 aromatic carbocycles. The molecule has 0 radical (unpaired) electrons. The zero-order valence-corrected chi connectivity index (χ0v) is 22.0. The van der Waals surface area contributed by atoms with Gasteiger partial charge in [0, 0.05) is 21.5 Å². The van der Waals surface area contributed by atoms with Crippen LogP contribution in [-0.2, 0) is 10.5 Å². The van der Waals surface area contributed by atoms with Crippen LogP contribution < -0.4 is 15.4 Å². The van der Waals surface area contributed by atoms with Gasteiger partial charge in [0.25, 0.3) is 5.91 Å². The van der Waals surface area contributed by atoms with Gasteiger partial charge in [0.2, 0.25) is 0 Å². The highest BCUT2D eigenvalue weighted by Crippen LogP contribution is 2.35. The van der Waals surface area contributed by atoms with E-state index in [2.05, 4.69) is 10.6 Å². The molecular weight excluding hydrogens is 525 g/mol. The van der Waals surface area contributed by atoms with Crippen LogP contribution in [0.1, 0.15) is 24.1 Å². The molecule has 0 unspecified atom stereocenters. The van der Waals surface area contributed by atoms with Gasteiger partial charge in [0.1, 0.15) is 11.8 Å². The summed E-state index contributed by atoms with van der Waals surface area (Å²) in [6.45, 7) is 1.87. The first-order valence-electron chi connectivity index (χ1n) is 10.7. The molecule has 9 heteroatoms. The standard InChI is InChI=1S/C26H22Cl3N3O2S/c1-15-23(25(33)31-22-12-9-19(28)13-21(22)29)24(17-5-7-18(27)8-6-17)32-26(30-15)35-14-16-3-10-20(34-2)11-4-16/h3-13,24H,14H2,1-2H3,(H,30,32)(H,31,33)/t24-/m0/s1. The van der Waals surface area contributed by atoms with Crippen LogP contribution in [0.3, 0.4) is 0 Å². The second-order valence-electron chi connectivity index (χ2n) is 7.77. The van der Waals surface area contributed by atoms with E-state index in [1.165, 1.54) is 0 Å². The Labute approximate surface area is 223 Å². The Morgan fingerprint density at radius 1 is 1.03 bits per heavy atom. The van der Waals surface area contributed by atoms with E-state index in [1.807, 2.05) is 43.3 Å². The molecule has 0 aliphatic carbocycles. The maximum Gasteiger partial charge on any atom is 0.255 e. The molecule has 4 rings (SSSR count). The third-order valence-electron chi connectivity index (χ3n) is 5.36. The third kappa shape index (κ3) is 6.33. The molecular formula is C26H22Cl3N3O2S. The molecule has 1 heterocycles. The van der Waals surface area contributed by atoms with Gasteiger partial charge >= 0.3 is 0 Å². The molecule has 0 bridgehead atoms. The number of anilines is 1. The van der Waals surface area contributed by atoms with E-state index >= 15 is 0 Å². The average molecular weight is 547 g/mol. The Morgan fingerprint density at radius 3 is 2.37 bits per heavy atom. The lowest BCUT2D eigenvalue weighted by atomic mass is 9.96. The minimum atomic E-state index is -0.516. The second kappa shape index (κ2) is 11.4. The largest absolute Gasteiger partial charge is 0.497 e. The number of methoxy groups -OCH3 is 1. The predicted octanol–water partition coefficient (Wildman–Crippen LogP) is 7.50. The van der Waals surface area contributed by atoms with Gasteiger partial charge in [-0.05, 0) is 60.5 Å². The molecule has 1 amide bonds. The van der Waals surface area contributed by atoms with Gasteiger partial charge in [-0.1, -0.05) is 70.8 Å². The number of benzene rings is 3. The Hall–Kier alpha value is -2.64. The molecule has 180 valence electrons. The molecule has 5 nitrogen and oxygen atoms in total. The number of halogens is 3. The topological polar surface area (TPSA) is 62.7 Å². The zero-order chi connectivity index (χ0) is 24.9. The highest BCUT2D eigenvalue weighted by molar-refractivity contribution is 8.13. The van der Waals surface area contributed by atoms with Gasteiger partial charge in [-0.2, -0.15) is 0 Å². The molecule has 3 aromatic rings. The van der Waals surface area contributed by atoms with E-state index in [-0.39, 0.29) is 5.91 Å². The predicted molar refractivity (Wildman–Crippen MR) is 147 cm³/mol. The fourth-order valence-corrected chi connectivity index (χ4v) is 5.04. The first-order valence-corrected chi connectivity index (χ1v) is 12.8. The van der Waals surface area contributed by atoms with Crippen LogP contribution in [0.5, 0.6) is 5.75 Å². The SMILES string of the molecule is COc1ccc(CSC2=N[C@@H](c3ccc(Cl)cc3)C(C(=O)Nc3ccc(Cl)cc3Cl)=C(C)N2)cc1. The fraction of sp³-hybridized carbons (Fsp3) is 0.154. The lowest BCUT2D eigenvalue weighted by Crippen LogP contribution is -2.32. The Kier molecular flexibility index (Phi) is 8.29. The van der Waals surface area contributed by atoms with Crippen molar-refractivity contribution in [2.45, 2.75) is 18.7 Å². The average Bonchev–Trinajstić information content (AvgIpc) is 2.85. The lowest BCUT2D eigenvalue weighted by Gasteiger charge is -2.26. The number of amidine groups is 1. The van der Waals surface area contributed by atoms with Gasteiger partial charge < -0.3 is 15.4 Å². The maximum atomic E-state index is 13.4. The van der Waals surface area contributed by atoms with E-state index in [4.69, 9.17) is 44.5 Å². The van der Waals surface area contributed by atoms with Gasteiger partial charge in [0.05, 0.1) is 23.4 Å². The first kappa shape index (κ1) is 25.5. The number of rotatable bonds is 6. The van der Waals surface area contributed by atoms with E-state index < -0.39 is 6.04 Å². The normalized spacial score (nSPS) is 15.3. The van der Waals surface area contributed by atoms with Crippen molar-refractivity contribution < 1.29 is 9.53 Å². The number of carbonyl (C=O) groups is 1. The summed E-state index contributed by atoms with van der Waals surface area (Å²) < 4.78 is 5.23. The minimum absolute atomic E-state index is 0.304. The number of nitrogens with one attached hydrogen (secondary N) is 2. The van der Waals surface area contributed by atoms with Crippen LogP contribution in [-0.4, -0.2) is 18.2 Å². The molecule has 0 fully saturated rings. The lowest BCUT2D eigenvalue weighted by molar-refractivity contribution is -0.113. The summed E-state index contributed by atoms with van der Waals surface area (Å²) in [5, 5.41) is 8.36. The number of hydrogen-bond acceptors (Lipinski definition) is 5. The highest BCUT2D eigenvalue weighted by Gasteiger charge is 2.30. The van der Waals surface area contributed by atoms with Crippen LogP contribution in [0.15, 0.2) is 83.0 Å². The van der Waals surface area contributed by atoms with Crippen molar-refractivity contribution >= 4 is 63.3 Å². The number of allylic oxidation sites excluding steroid dienone is 1. The molecule has 35 heavy (non-hydrogen) atoms. The maximum absolute atomic E-state index is 13.4. The van der Waals surface area contributed by atoms with Crippen molar-refractivity contribution in [3.8, 4) is 5.75 Å². The van der Waals surface area contributed by atoms with E-state index in [0.29, 0.717) is 37.8 Å². The molecule has 0 saturated heterocycles. The minimum Gasteiger partial charge on any atom is -0.497 e. The zero-order valence-electron chi connectivity index (χ0n) is 18.9.